The van der Waals surface area contributed by atoms with E-state index in [1.807, 2.05) is 0 Å². The molecule has 0 rings (SSSR count). The van der Waals surface area contributed by atoms with Gasteiger partial charge in [-0.15, -0.1) is 0 Å². The van der Waals surface area contributed by atoms with Gasteiger partial charge in [-0.3, -0.25) is 0 Å². The molecule has 1 N–H and O–H groups in total. The summed E-state index contributed by atoms with van der Waals surface area (Å²) in [6.45, 7) is 1.93. The molecule has 0 aliphatic heterocycles. The van der Waals surface area contributed by atoms with E-state index in [9.17, 15) is 0 Å². The second kappa shape index (κ2) is 19.2. The van der Waals surface area contributed by atoms with E-state index >= 15 is 0 Å². The zero-order chi connectivity index (χ0) is 2.71. The molecule has 0 atom stereocenters. The predicted octanol–water partition coefficient (Wildman–Crippen LogP) is -0.763. The average molecular weight is 60.0 g/mol. The third kappa shape index (κ3) is 38.5. The van der Waals surface area contributed by atoms with Crippen molar-refractivity contribution in [2.75, 3.05) is 6.61 Å². The SMILES string of the molecule is CCO.[Li].[Li]. The molecule has 22 valence electrons. The normalized spacial score (nSPS) is 3.60. The van der Waals surface area contributed by atoms with E-state index in [2.05, 4.69) is 0 Å². The Bertz CT molecular complexity index is 7.61. The van der Waals surface area contributed by atoms with Gasteiger partial charge >= 0.3 is 0 Å². The van der Waals surface area contributed by atoms with Gasteiger partial charge in [0.05, 0.1) is 0 Å². The van der Waals surface area contributed by atoms with Crippen LogP contribution in [0.5, 0.6) is 0 Å². The van der Waals surface area contributed by atoms with Crippen LogP contribution >= 0.6 is 0 Å². The second-order valence-corrected chi connectivity index (χ2v) is 0.316. The van der Waals surface area contributed by atoms with Crippen LogP contribution in [0.4, 0.5) is 0 Å². The Hall–Kier alpha value is 1.15. The van der Waals surface area contributed by atoms with Crippen molar-refractivity contribution in [1.82, 2.24) is 0 Å². The van der Waals surface area contributed by atoms with E-state index in [-0.39, 0.29) is 44.3 Å². The van der Waals surface area contributed by atoms with E-state index in [0.29, 0.717) is 0 Å². The largest absolute Gasteiger partial charge is 0.397 e. The minimum Gasteiger partial charge on any atom is -0.397 e. The van der Waals surface area contributed by atoms with Crippen molar-refractivity contribution >= 4 is 37.7 Å². The molecular formula is C2H6Li2O. The van der Waals surface area contributed by atoms with Crippen LogP contribution in [-0.4, -0.2) is 49.4 Å². The quantitative estimate of drug-likeness (QED) is 0.364. The van der Waals surface area contributed by atoms with Gasteiger partial charge in [-0.2, -0.15) is 0 Å². The van der Waals surface area contributed by atoms with Gasteiger partial charge in [0, 0.05) is 44.3 Å². The van der Waals surface area contributed by atoms with Crippen molar-refractivity contribution in [1.29, 1.82) is 0 Å². The Morgan fingerprint density at radius 2 is 1.40 bits per heavy atom. The van der Waals surface area contributed by atoms with Crippen molar-refractivity contribution in [2.24, 2.45) is 0 Å². The van der Waals surface area contributed by atoms with Crippen LogP contribution < -0.4 is 0 Å². The first-order valence-electron chi connectivity index (χ1n) is 1.02. The van der Waals surface area contributed by atoms with Gasteiger partial charge in [0.15, 0.2) is 0 Å². The molecular weight excluding hydrogens is 53.9 g/mol. The maximum absolute atomic E-state index is 7.57. The number of hydrogen-bond donors (Lipinski definition) is 1. The molecule has 0 aliphatic carbocycles. The Morgan fingerprint density at radius 1 is 1.40 bits per heavy atom. The molecule has 0 fully saturated rings. The number of aliphatic hydroxyl groups excluding tert-OH is 1. The fourth-order valence-electron chi connectivity index (χ4n) is 0. The van der Waals surface area contributed by atoms with E-state index < -0.39 is 0 Å². The minimum absolute atomic E-state index is 0. The molecule has 0 saturated carbocycles. The van der Waals surface area contributed by atoms with E-state index in [1.54, 1.807) is 6.92 Å². The summed E-state index contributed by atoms with van der Waals surface area (Å²) in [4.78, 5) is 0. The molecule has 0 saturated heterocycles. The monoisotopic (exact) mass is 60.1 g/mol. The fraction of sp³-hybridized carbons (Fsp3) is 1.00. The van der Waals surface area contributed by atoms with Crippen molar-refractivity contribution in [2.45, 2.75) is 6.92 Å². The fourth-order valence-corrected chi connectivity index (χ4v) is 0. The Labute approximate surface area is 56.5 Å². The molecule has 0 amide bonds. The third-order valence-corrected chi connectivity index (χ3v) is 0. The Kier molecular flexibility index (Phi) is 63.0. The molecule has 0 aliphatic rings. The molecule has 0 unspecified atom stereocenters. The topological polar surface area (TPSA) is 20.2 Å². The van der Waals surface area contributed by atoms with Gasteiger partial charge in [0.25, 0.3) is 0 Å². The summed E-state index contributed by atoms with van der Waals surface area (Å²) in [6.07, 6.45) is 0. The van der Waals surface area contributed by atoms with Crippen LogP contribution in [0.2, 0.25) is 0 Å². The maximum Gasteiger partial charge on any atom is 0.0402 e. The molecule has 2 radical (unpaired) electrons. The molecule has 0 aromatic carbocycles. The van der Waals surface area contributed by atoms with Crippen LogP contribution in [0.1, 0.15) is 6.92 Å². The van der Waals surface area contributed by atoms with Gasteiger partial charge in [-0.25, -0.2) is 0 Å². The van der Waals surface area contributed by atoms with E-state index in [0.717, 1.165) is 0 Å². The first-order valence-corrected chi connectivity index (χ1v) is 1.02. The maximum atomic E-state index is 7.57. The molecule has 3 heteroatoms. The van der Waals surface area contributed by atoms with Gasteiger partial charge < -0.3 is 5.11 Å². The first kappa shape index (κ1) is 16.4. The zero-order valence-electron chi connectivity index (χ0n) is 4.15. The molecule has 0 heterocycles. The Balaban J connectivity index is -0.0000000200. The molecule has 0 spiro atoms. The predicted molar refractivity (Wildman–Crippen MR) is 24.3 cm³/mol. The van der Waals surface area contributed by atoms with Gasteiger partial charge in [0.1, 0.15) is 0 Å². The minimum atomic E-state index is 0. The number of aliphatic hydroxyl groups is 1. The average Bonchev–Trinajstić information content (AvgIpc) is 0.918. The van der Waals surface area contributed by atoms with Crippen LogP contribution in [0.25, 0.3) is 0 Å². The standard InChI is InChI=1S/C2H6O.2Li/c1-2-3;;/h3H,2H2,1H3;;. The van der Waals surface area contributed by atoms with Crippen LogP contribution in [0, 0.1) is 0 Å². The number of hydrogen-bond acceptors (Lipinski definition) is 1. The van der Waals surface area contributed by atoms with Crippen LogP contribution in [-0.2, 0) is 0 Å². The molecule has 0 bridgehead atoms. The first-order chi connectivity index (χ1) is 1.41. The molecule has 0 aromatic rings. The summed E-state index contributed by atoms with van der Waals surface area (Å²) < 4.78 is 0. The summed E-state index contributed by atoms with van der Waals surface area (Å²) in [5, 5.41) is 7.57. The van der Waals surface area contributed by atoms with Crippen molar-refractivity contribution in [3.8, 4) is 0 Å². The summed E-state index contributed by atoms with van der Waals surface area (Å²) in [7, 11) is 0. The summed E-state index contributed by atoms with van der Waals surface area (Å²) in [5.41, 5.74) is 0. The zero-order valence-corrected chi connectivity index (χ0v) is 4.15. The number of rotatable bonds is 0. The summed E-state index contributed by atoms with van der Waals surface area (Å²) >= 11 is 0. The van der Waals surface area contributed by atoms with Gasteiger partial charge in [-0.1, -0.05) is 0 Å². The molecule has 1 nitrogen and oxygen atoms in total. The van der Waals surface area contributed by atoms with Crippen molar-refractivity contribution < 1.29 is 5.11 Å². The van der Waals surface area contributed by atoms with E-state index in [4.69, 9.17) is 5.11 Å². The molecule has 5 heavy (non-hydrogen) atoms. The van der Waals surface area contributed by atoms with Crippen molar-refractivity contribution in [3.05, 3.63) is 0 Å². The summed E-state index contributed by atoms with van der Waals surface area (Å²) in [5.74, 6) is 0. The van der Waals surface area contributed by atoms with Gasteiger partial charge in [-0.05, 0) is 6.92 Å². The Morgan fingerprint density at radius 3 is 1.40 bits per heavy atom. The molecule has 0 aromatic heterocycles. The smallest absolute Gasteiger partial charge is 0.0402 e. The summed E-state index contributed by atoms with van der Waals surface area (Å²) in [6, 6.07) is 0. The van der Waals surface area contributed by atoms with Crippen molar-refractivity contribution in [3.63, 3.8) is 0 Å². The van der Waals surface area contributed by atoms with Crippen LogP contribution in [0.15, 0.2) is 0 Å². The van der Waals surface area contributed by atoms with Gasteiger partial charge in [0.2, 0.25) is 0 Å². The van der Waals surface area contributed by atoms with Crippen LogP contribution in [0.3, 0.4) is 0 Å². The van der Waals surface area contributed by atoms with E-state index in [1.165, 1.54) is 0 Å². The third-order valence-electron chi connectivity index (χ3n) is 0. The second-order valence-electron chi connectivity index (χ2n) is 0.316.